The SMILES string of the molecule is OC1CCN(c2nc3ccccc3n2Cc2cccc(Cl)c2)CC1. The second kappa shape index (κ2) is 6.46. The molecule has 0 saturated carbocycles. The fraction of sp³-hybridized carbons (Fsp3) is 0.316. The quantitative estimate of drug-likeness (QED) is 0.789. The predicted octanol–water partition coefficient (Wildman–Crippen LogP) is 3.70. The highest BCUT2D eigenvalue weighted by Crippen LogP contribution is 2.26. The first-order chi connectivity index (χ1) is 11.7. The Morgan fingerprint density at radius 3 is 2.67 bits per heavy atom. The van der Waals surface area contributed by atoms with E-state index in [4.69, 9.17) is 16.6 Å². The topological polar surface area (TPSA) is 41.3 Å². The van der Waals surface area contributed by atoms with Crippen LogP contribution in [-0.4, -0.2) is 33.9 Å². The lowest BCUT2D eigenvalue weighted by Gasteiger charge is -2.30. The molecular formula is C19H20ClN3O. The lowest BCUT2D eigenvalue weighted by Crippen LogP contribution is -2.37. The Bertz CT molecular complexity index is 853. The van der Waals surface area contributed by atoms with Crippen molar-refractivity contribution in [3.63, 3.8) is 0 Å². The Hall–Kier alpha value is -2.04. The lowest BCUT2D eigenvalue weighted by atomic mass is 10.1. The molecule has 124 valence electrons. The van der Waals surface area contributed by atoms with Gasteiger partial charge in [-0.3, -0.25) is 0 Å². The van der Waals surface area contributed by atoms with Gasteiger partial charge in [0.1, 0.15) is 0 Å². The average Bonchev–Trinajstić information content (AvgIpc) is 2.94. The molecule has 5 heteroatoms. The average molecular weight is 342 g/mol. The number of piperidine rings is 1. The van der Waals surface area contributed by atoms with E-state index in [1.54, 1.807) is 0 Å². The van der Waals surface area contributed by atoms with Gasteiger partial charge in [-0.2, -0.15) is 0 Å². The van der Waals surface area contributed by atoms with Crippen molar-refractivity contribution >= 4 is 28.6 Å². The van der Waals surface area contributed by atoms with Crippen LogP contribution in [0.4, 0.5) is 5.95 Å². The standard InChI is InChI=1S/C19H20ClN3O/c20-15-5-3-4-14(12-15)13-23-18-7-2-1-6-17(18)21-19(23)22-10-8-16(24)9-11-22/h1-7,12,16,24H,8-11,13H2. The fourth-order valence-electron chi connectivity index (χ4n) is 3.34. The van der Waals surface area contributed by atoms with Gasteiger partial charge in [-0.25, -0.2) is 4.98 Å². The maximum atomic E-state index is 9.78. The number of hydrogen-bond donors (Lipinski definition) is 1. The summed E-state index contributed by atoms with van der Waals surface area (Å²) in [6.45, 7) is 2.40. The molecule has 0 unspecified atom stereocenters. The van der Waals surface area contributed by atoms with Crippen LogP contribution >= 0.6 is 11.6 Å². The molecule has 1 aliphatic rings. The van der Waals surface area contributed by atoms with E-state index in [1.807, 2.05) is 36.4 Å². The Balaban J connectivity index is 1.75. The number of hydrogen-bond acceptors (Lipinski definition) is 3. The zero-order chi connectivity index (χ0) is 16.5. The minimum Gasteiger partial charge on any atom is -0.393 e. The third-order valence-corrected chi connectivity index (χ3v) is 4.85. The van der Waals surface area contributed by atoms with E-state index in [9.17, 15) is 5.11 Å². The summed E-state index contributed by atoms with van der Waals surface area (Å²) in [6.07, 6.45) is 1.40. The van der Waals surface area contributed by atoms with Crippen LogP contribution in [0.5, 0.6) is 0 Å². The Morgan fingerprint density at radius 1 is 1.08 bits per heavy atom. The number of aliphatic hydroxyl groups is 1. The Kier molecular flexibility index (Phi) is 4.17. The molecule has 0 radical (unpaired) electrons. The molecule has 4 rings (SSSR count). The monoisotopic (exact) mass is 341 g/mol. The molecule has 0 atom stereocenters. The summed E-state index contributed by atoms with van der Waals surface area (Å²) in [4.78, 5) is 7.13. The molecule has 1 aromatic heterocycles. The number of nitrogens with zero attached hydrogens (tertiary/aromatic N) is 3. The van der Waals surface area contributed by atoms with E-state index < -0.39 is 0 Å². The Labute approximate surface area is 146 Å². The van der Waals surface area contributed by atoms with E-state index in [1.165, 1.54) is 0 Å². The van der Waals surface area contributed by atoms with Gasteiger partial charge in [0, 0.05) is 18.1 Å². The molecular weight excluding hydrogens is 322 g/mol. The molecule has 0 aliphatic carbocycles. The molecule has 2 heterocycles. The first-order valence-corrected chi connectivity index (χ1v) is 8.71. The van der Waals surface area contributed by atoms with E-state index in [2.05, 4.69) is 21.6 Å². The third-order valence-electron chi connectivity index (χ3n) is 4.61. The molecule has 4 nitrogen and oxygen atoms in total. The van der Waals surface area contributed by atoms with Crippen molar-refractivity contribution in [3.05, 3.63) is 59.1 Å². The van der Waals surface area contributed by atoms with Crippen LogP contribution in [0.1, 0.15) is 18.4 Å². The Morgan fingerprint density at radius 2 is 1.88 bits per heavy atom. The van der Waals surface area contributed by atoms with E-state index in [0.717, 1.165) is 60.0 Å². The molecule has 1 saturated heterocycles. The van der Waals surface area contributed by atoms with Crippen LogP contribution in [0, 0.1) is 0 Å². The first-order valence-electron chi connectivity index (χ1n) is 8.33. The van der Waals surface area contributed by atoms with E-state index in [-0.39, 0.29) is 6.10 Å². The molecule has 1 N–H and O–H groups in total. The van der Waals surface area contributed by atoms with Gasteiger partial charge in [0.25, 0.3) is 0 Å². The number of fused-ring (bicyclic) bond motifs is 1. The predicted molar refractivity (Wildman–Crippen MR) is 97.7 cm³/mol. The zero-order valence-electron chi connectivity index (χ0n) is 13.4. The molecule has 24 heavy (non-hydrogen) atoms. The van der Waals surface area contributed by atoms with Gasteiger partial charge in [0.2, 0.25) is 5.95 Å². The van der Waals surface area contributed by atoms with Gasteiger partial charge in [-0.15, -0.1) is 0 Å². The maximum absolute atomic E-state index is 9.78. The van der Waals surface area contributed by atoms with Crippen LogP contribution in [0.3, 0.4) is 0 Å². The van der Waals surface area contributed by atoms with Crippen molar-refractivity contribution in [3.8, 4) is 0 Å². The highest BCUT2D eigenvalue weighted by atomic mass is 35.5. The number of imidazole rings is 1. The molecule has 1 aliphatic heterocycles. The summed E-state index contributed by atoms with van der Waals surface area (Å²) in [5, 5.41) is 10.5. The molecule has 0 bridgehead atoms. The molecule has 1 fully saturated rings. The molecule has 2 aromatic carbocycles. The van der Waals surface area contributed by atoms with Crippen LogP contribution in [0.15, 0.2) is 48.5 Å². The van der Waals surface area contributed by atoms with E-state index >= 15 is 0 Å². The number of rotatable bonds is 3. The molecule has 0 spiro atoms. The fourth-order valence-corrected chi connectivity index (χ4v) is 3.56. The first kappa shape index (κ1) is 15.5. The van der Waals surface area contributed by atoms with Gasteiger partial charge < -0.3 is 14.6 Å². The molecule has 3 aromatic rings. The van der Waals surface area contributed by atoms with Crippen molar-refractivity contribution in [2.75, 3.05) is 18.0 Å². The summed E-state index contributed by atoms with van der Waals surface area (Å²) >= 11 is 6.14. The largest absolute Gasteiger partial charge is 0.393 e. The van der Waals surface area contributed by atoms with Crippen molar-refractivity contribution in [2.45, 2.75) is 25.5 Å². The lowest BCUT2D eigenvalue weighted by molar-refractivity contribution is 0.145. The number of benzene rings is 2. The van der Waals surface area contributed by atoms with Gasteiger partial charge in [-0.05, 0) is 42.7 Å². The third kappa shape index (κ3) is 2.99. The molecule has 0 amide bonds. The number of aliphatic hydroxyl groups excluding tert-OH is 1. The van der Waals surface area contributed by atoms with Gasteiger partial charge in [-0.1, -0.05) is 35.9 Å². The summed E-state index contributed by atoms with van der Waals surface area (Å²) in [6, 6.07) is 16.2. The summed E-state index contributed by atoms with van der Waals surface area (Å²) in [7, 11) is 0. The van der Waals surface area contributed by atoms with Crippen LogP contribution in [-0.2, 0) is 6.54 Å². The van der Waals surface area contributed by atoms with Gasteiger partial charge >= 0.3 is 0 Å². The number of aromatic nitrogens is 2. The van der Waals surface area contributed by atoms with Gasteiger partial charge in [0.15, 0.2) is 0 Å². The summed E-state index contributed by atoms with van der Waals surface area (Å²) < 4.78 is 2.25. The van der Waals surface area contributed by atoms with Gasteiger partial charge in [0.05, 0.1) is 23.7 Å². The minimum atomic E-state index is -0.188. The van der Waals surface area contributed by atoms with E-state index in [0.29, 0.717) is 0 Å². The number of para-hydroxylation sites is 2. The normalized spacial score (nSPS) is 16.0. The van der Waals surface area contributed by atoms with Crippen molar-refractivity contribution in [1.82, 2.24) is 9.55 Å². The highest BCUT2D eigenvalue weighted by molar-refractivity contribution is 6.30. The number of anilines is 1. The highest BCUT2D eigenvalue weighted by Gasteiger charge is 2.22. The summed E-state index contributed by atoms with van der Waals surface area (Å²) in [5.41, 5.74) is 3.28. The smallest absolute Gasteiger partial charge is 0.206 e. The van der Waals surface area contributed by atoms with Crippen molar-refractivity contribution < 1.29 is 5.11 Å². The summed E-state index contributed by atoms with van der Waals surface area (Å²) in [5.74, 6) is 0.975. The second-order valence-electron chi connectivity index (χ2n) is 6.33. The zero-order valence-corrected chi connectivity index (χ0v) is 14.2. The second-order valence-corrected chi connectivity index (χ2v) is 6.77. The minimum absolute atomic E-state index is 0.188. The van der Waals surface area contributed by atoms with Crippen molar-refractivity contribution in [1.29, 1.82) is 0 Å². The number of halogens is 1. The van der Waals surface area contributed by atoms with Crippen molar-refractivity contribution in [2.24, 2.45) is 0 Å². The maximum Gasteiger partial charge on any atom is 0.206 e. The van der Waals surface area contributed by atoms with Crippen LogP contribution in [0.2, 0.25) is 5.02 Å². The van der Waals surface area contributed by atoms with Crippen LogP contribution in [0.25, 0.3) is 11.0 Å². The van der Waals surface area contributed by atoms with Crippen LogP contribution < -0.4 is 4.90 Å².